The topological polar surface area (TPSA) is 21.8 Å². The predicted molar refractivity (Wildman–Crippen MR) is 102 cm³/mol. The van der Waals surface area contributed by atoms with Gasteiger partial charge in [-0.1, -0.05) is 44.9 Å². The highest BCUT2D eigenvalue weighted by Crippen LogP contribution is 2.27. The van der Waals surface area contributed by atoms with Crippen LogP contribution in [-0.4, -0.2) is 37.4 Å². The molecule has 0 bridgehead atoms. The van der Waals surface area contributed by atoms with E-state index in [1.807, 2.05) is 0 Å². The Morgan fingerprint density at radius 2 is 1.38 bits per heavy atom. The number of epoxide rings is 1. The molecule has 0 aliphatic carbocycles. The molecule has 1 unspecified atom stereocenters. The molecule has 1 heterocycles. The molecule has 2 nitrogen and oxygen atoms in total. The van der Waals surface area contributed by atoms with Crippen LogP contribution in [-0.2, 0) is 8.85 Å². The Hall–Kier alpha value is 0.571. The maximum atomic E-state index is 6.74. The van der Waals surface area contributed by atoms with E-state index in [0.717, 1.165) is 6.61 Å². The summed E-state index contributed by atoms with van der Waals surface area (Å²) in [6.45, 7) is 18.2. The number of rotatable bonds is 11. The molecule has 0 amide bonds. The van der Waals surface area contributed by atoms with Gasteiger partial charge in [0, 0.05) is 8.07 Å². The van der Waals surface area contributed by atoms with Crippen LogP contribution in [0.4, 0.5) is 0 Å². The zero-order valence-corrected chi connectivity index (χ0v) is 18.6. The van der Waals surface area contributed by atoms with Crippen molar-refractivity contribution in [1.82, 2.24) is 0 Å². The molecule has 0 N–H and O–H groups in total. The second-order valence-electron chi connectivity index (χ2n) is 9.24. The summed E-state index contributed by atoms with van der Waals surface area (Å²) in [6.07, 6.45) is 5.94. The van der Waals surface area contributed by atoms with Gasteiger partial charge in [-0.3, -0.25) is 0 Å². The average molecular weight is 347 g/mol. The van der Waals surface area contributed by atoms with Crippen molar-refractivity contribution in [3.05, 3.63) is 0 Å². The standard InChI is InChI=1S/C16H38O2Si3/c1-19(2,3)13-14-21(6,7)18-20(4,5)12-10-8-9-11-16-15-17-16/h16H,8-15H2,1-7H3. The zero-order valence-electron chi connectivity index (χ0n) is 15.6. The first-order chi connectivity index (χ1) is 9.49. The van der Waals surface area contributed by atoms with Crippen LogP contribution in [0.15, 0.2) is 0 Å². The lowest BCUT2D eigenvalue weighted by Crippen LogP contribution is -2.45. The summed E-state index contributed by atoms with van der Waals surface area (Å²) in [5.41, 5.74) is 0. The first-order valence-corrected chi connectivity index (χ1v) is 18.7. The molecule has 1 aliphatic rings. The summed E-state index contributed by atoms with van der Waals surface area (Å²) in [5.74, 6) is 0. The summed E-state index contributed by atoms with van der Waals surface area (Å²) in [6, 6.07) is 4.12. The van der Waals surface area contributed by atoms with E-state index in [2.05, 4.69) is 45.8 Å². The molecule has 1 saturated heterocycles. The van der Waals surface area contributed by atoms with Gasteiger partial charge in [0.1, 0.15) is 0 Å². The van der Waals surface area contributed by atoms with Crippen LogP contribution < -0.4 is 0 Å². The van der Waals surface area contributed by atoms with E-state index in [-0.39, 0.29) is 0 Å². The molecule has 21 heavy (non-hydrogen) atoms. The van der Waals surface area contributed by atoms with Crippen LogP contribution in [0.25, 0.3) is 0 Å². The Labute approximate surface area is 136 Å². The molecule has 126 valence electrons. The predicted octanol–water partition coefficient (Wildman–Crippen LogP) is 5.71. The Morgan fingerprint density at radius 3 is 1.90 bits per heavy atom. The smallest absolute Gasteiger partial charge is 0.173 e. The maximum absolute atomic E-state index is 6.74. The molecule has 5 heteroatoms. The minimum atomic E-state index is -1.45. The Morgan fingerprint density at radius 1 is 0.810 bits per heavy atom. The molecule has 0 radical (unpaired) electrons. The van der Waals surface area contributed by atoms with E-state index in [1.165, 1.54) is 43.8 Å². The molecule has 1 atom stereocenters. The average Bonchev–Trinajstić information content (AvgIpc) is 3.08. The van der Waals surface area contributed by atoms with Gasteiger partial charge in [-0.15, -0.1) is 0 Å². The van der Waals surface area contributed by atoms with Crippen molar-refractivity contribution in [2.24, 2.45) is 0 Å². The fraction of sp³-hybridized carbons (Fsp3) is 1.00. The fourth-order valence-electron chi connectivity index (χ4n) is 2.86. The Kier molecular flexibility index (Phi) is 7.38. The van der Waals surface area contributed by atoms with Crippen LogP contribution in [0.3, 0.4) is 0 Å². The molecule has 1 aliphatic heterocycles. The van der Waals surface area contributed by atoms with Crippen molar-refractivity contribution in [2.45, 2.75) is 95.7 Å². The normalized spacial score (nSPS) is 19.9. The zero-order chi connectivity index (χ0) is 16.1. The first-order valence-electron chi connectivity index (χ1n) is 8.81. The number of hydrogen-bond acceptors (Lipinski definition) is 2. The lowest BCUT2D eigenvalue weighted by Gasteiger charge is -2.35. The van der Waals surface area contributed by atoms with Gasteiger partial charge in [0.2, 0.25) is 0 Å². The van der Waals surface area contributed by atoms with Gasteiger partial charge in [0.05, 0.1) is 12.7 Å². The number of unbranched alkanes of at least 4 members (excludes halogenated alkanes) is 2. The van der Waals surface area contributed by atoms with Gasteiger partial charge in [0.15, 0.2) is 16.6 Å². The van der Waals surface area contributed by atoms with E-state index in [4.69, 9.17) is 8.85 Å². The largest absolute Gasteiger partial charge is 0.456 e. The van der Waals surface area contributed by atoms with Gasteiger partial charge in [-0.05, 0) is 44.7 Å². The van der Waals surface area contributed by atoms with Crippen molar-refractivity contribution in [3.63, 3.8) is 0 Å². The molecule has 0 spiro atoms. The quantitative estimate of drug-likeness (QED) is 0.271. The lowest BCUT2D eigenvalue weighted by atomic mass is 10.2. The van der Waals surface area contributed by atoms with Crippen molar-refractivity contribution < 1.29 is 8.85 Å². The highest BCUT2D eigenvalue weighted by Gasteiger charge is 2.33. The molecular formula is C16H38O2Si3. The maximum Gasteiger partial charge on any atom is 0.173 e. The van der Waals surface area contributed by atoms with Gasteiger partial charge in [0.25, 0.3) is 0 Å². The Bertz CT molecular complexity index is 307. The molecule has 1 rings (SSSR count). The summed E-state index contributed by atoms with van der Waals surface area (Å²) in [4.78, 5) is 0. The van der Waals surface area contributed by atoms with E-state index in [0.29, 0.717) is 6.10 Å². The summed E-state index contributed by atoms with van der Waals surface area (Å²) < 4.78 is 12.0. The Balaban J connectivity index is 2.21. The minimum Gasteiger partial charge on any atom is -0.456 e. The van der Waals surface area contributed by atoms with Gasteiger partial charge in [-0.2, -0.15) is 0 Å². The first kappa shape index (κ1) is 19.6. The third-order valence-electron chi connectivity index (χ3n) is 4.24. The van der Waals surface area contributed by atoms with E-state index >= 15 is 0 Å². The SMILES string of the molecule is C[Si](C)(C)CC[Si](C)(C)O[Si](C)(C)CCCCCC1CO1. The summed E-state index contributed by atoms with van der Waals surface area (Å²) >= 11 is 0. The molecular weight excluding hydrogens is 308 g/mol. The van der Waals surface area contributed by atoms with E-state index in [1.54, 1.807) is 0 Å². The van der Waals surface area contributed by atoms with E-state index in [9.17, 15) is 0 Å². The fourth-order valence-corrected chi connectivity index (χ4v) is 16.2. The van der Waals surface area contributed by atoms with E-state index < -0.39 is 24.7 Å². The second kappa shape index (κ2) is 7.90. The summed E-state index contributed by atoms with van der Waals surface area (Å²) in [5, 5.41) is 0. The van der Waals surface area contributed by atoms with Gasteiger partial charge in [-0.25, -0.2) is 0 Å². The minimum absolute atomic E-state index is 0.611. The van der Waals surface area contributed by atoms with Crippen molar-refractivity contribution in [3.8, 4) is 0 Å². The van der Waals surface area contributed by atoms with Gasteiger partial charge >= 0.3 is 0 Å². The van der Waals surface area contributed by atoms with Crippen LogP contribution in [0, 0.1) is 0 Å². The number of hydrogen-bond donors (Lipinski definition) is 0. The third-order valence-corrected chi connectivity index (χ3v) is 13.9. The number of ether oxygens (including phenoxy) is 1. The lowest BCUT2D eigenvalue weighted by molar-refractivity contribution is 0.389. The molecule has 0 aromatic rings. The van der Waals surface area contributed by atoms with Crippen molar-refractivity contribution >= 4 is 24.7 Å². The molecule has 0 aromatic carbocycles. The van der Waals surface area contributed by atoms with Gasteiger partial charge < -0.3 is 8.85 Å². The highest BCUT2D eigenvalue weighted by atomic mass is 28.4. The monoisotopic (exact) mass is 346 g/mol. The highest BCUT2D eigenvalue weighted by molar-refractivity contribution is 6.86. The molecule has 0 saturated carbocycles. The van der Waals surface area contributed by atoms with Crippen LogP contribution in [0.5, 0.6) is 0 Å². The second-order valence-corrected chi connectivity index (χ2v) is 23.7. The summed E-state index contributed by atoms with van der Waals surface area (Å²) in [7, 11) is -3.82. The van der Waals surface area contributed by atoms with Crippen LogP contribution >= 0.6 is 0 Å². The van der Waals surface area contributed by atoms with Crippen molar-refractivity contribution in [1.29, 1.82) is 0 Å². The van der Waals surface area contributed by atoms with Crippen LogP contribution in [0.2, 0.25) is 64.0 Å². The molecule has 1 fully saturated rings. The molecule has 0 aromatic heterocycles. The van der Waals surface area contributed by atoms with Crippen LogP contribution in [0.1, 0.15) is 25.7 Å². The van der Waals surface area contributed by atoms with Crippen molar-refractivity contribution in [2.75, 3.05) is 6.61 Å². The third kappa shape index (κ3) is 10.8.